The first-order valence-corrected chi connectivity index (χ1v) is 7.09. The number of aromatic nitrogens is 2. The highest BCUT2D eigenvalue weighted by Crippen LogP contribution is 2.37. The van der Waals surface area contributed by atoms with Crippen molar-refractivity contribution in [2.75, 3.05) is 7.11 Å². The van der Waals surface area contributed by atoms with E-state index in [9.17, 15) is 5.11 Å². The SMILES string of the molecule is CCn1ccnc1COc1c(Br)cc(CO)cc1OC. The minimum Gasteiger partial charge on any atom is -0.493 e. The van der Waals surface area contributed by atoms with E-state index in [1.54, 1.807) is 19.4 Å². The largest absolute Gasteiger partial charge is 0.493 e. The second kappa shape index (κ2) is 6.76. The molecule has 1 aromatic carbocycles. The van der Waals surface area contributed by atoms with Gasteiger partial charge in [-0.2, -0.15) is 0 Å². The molecule has 0 amide bonds. The molecule has 0 saturated carbocycles. The Morgan fingerprint density at radius 3 is 2.85 bits per heavy atom. The number of halogens is 1. The summed E-state index contributed by atoms with van der Waals surface area (Å²) in [6.45, 7) is 3.21. The highest BCUT2D eigenvalue weighted by atomic mass is 79.9. The molecule has 1 heterocycles. The van der Waals surface area contributed by atoms with E-state index in [-0.39, 0.29) is 6.61 Å². The van der Waals surface area contributed by atoms with Crippen molar-refractivity contribution >= 4 is 15.9 Å². The molecule has 6 heteroatoms. The summed E-state index contributed by atoms with van der Waals surface area (Å²) in [6.07, 6.45) is 3.67. The Kier molecular flexibility index (Phi) is 5.03. The molecule has 0 aliphatic carbocycles. The van der Waals surface area contributed by atoms with Crippen molar-refractivity contribution in [3.63, 3.8) is 0 Å². The fourth-order valence-electron chi connectivity index (χ4n) is 1.91. The van der Waals surface area contributed by atoms with E-state index >= 15 is 0 Å². The van der Waals surface area contributed by atoms with Gasteiger partial charge in [-0.3, -0.25) is 0 Å². The Balaban J connectivity index is 2.21. The van der Waals surface area contributed by atoms with Crippen molar-refractivity contribution in [3.05, 3.63) is 40.4 Å². The molecular weight excluding hydrogens is 324 g/mol. The first-order valence-electron chi connectivity index (χ1n) is 6.29. The van der Waals surface area contributed by atoms with E-state index in [1.165, 1.54) is 0 Å². The summed E-state index contributed by atoms with van der Waals surface area (Å²) in [5, 5.41) is 9.19. The number of hydrogen-bond acceptors (Lipinski definition) is 4. The van der Waals surface area contributed by atoms with Crippen LogP contribution in [0.25, 0.3) is 0 Å². The van der Waals surface area contributed by atoms with Crippen LogP contribution in [-0.4, -0.2) is 21.8 Å². The predicted octanol–water partition coefficient (Wildman–Crippen LogP) is 2.75. The number of imidazole rings is 1. The van der Waals surface area contributed by atoms with Crippen LogP contribution in [0.4, 0.5) is 0 Å². The lowest BCUT2D eigenvalue weighted by atomic mass is 10.2. The highest BCUT2D eigenvalue weighted by Gasteiger charge is 2.13. The molecule has 0 unspecified atom stereocenters. The fraction of sp³-hybridized carbons (Fsp3) is 0.357. The normalized spacial score (nSPS) is 10.6. The van der Waals surface area contributed by atoms with Crippen LogP contribution >= 0.6 is 15.9 Å². The fourth-order valence-corrected chi connectivity index (χ4v) is 2.51. The summed E-state index contributed by atoms with van der Waals surface area (Å²) in [6, 6.07) is 3.57. The third-order valence-electron chi connectivity index (χ3n) is 2.96. The smallest absolute Gasteiger partial charge is 0.176 e. The first kappa shape index (κ1) is 14.9. The van der Waals surface area contributed by atoms with Gasteiger partial charge in [0, 0.05) is 18.9 Å². The summed E-state index contributed by atoms with van der Waals surface area (Å²) in [4.78, 5) is 4.26. The van der Waals surface area contributed by atoms with Crippen LogP contribution in [0, 0.1) is 0 Å². The molecule has 0 bridgehead atoms. The van der Waals surface area contributed by atoms with Crippen molar-refractivity contribution in [1.29, 1.82) is 0 Å². The standard InChI is InChI=1S/C14H17BrN2O3/c1-3-17-5-4-16-13(17)9-20-14-11(15)6-10(8-18)7-12(14)19-2/h4-7,18H,3,8-9H2,1-2H3. The predicted molar refractivity (Wildman–Crippen MR) is 78.8 cm³/mol. The second-order valence-corrected chi connectivity index (χ2v) is 5.04. The van der Waals surface area contributed by atoms with Gasteiger partial charge in [-0.1, -0.05) is 0 Å². The van der Waals surface area contributed by atoms with E-state index in [1.807, 2.05) is 16.8 Å². The van der Waals surface area contributed by atoms with Gasteiger partial charge in [-0.05, 0) is 40.5 Å². The van der Waals surface area contributed by atoms with Crippen molar-refractivity contribution in [3.8, 4) is 11.5 Å². The van der Waals surface area contributed by atoms with E-state index in [4.69, 9.17) is 9.47 Å². The lowest BCUT2D eigenvalue weighted by molar-refractivity contribution is 0.265. The van der Waals surface area contributed by atoms with Gasteiger partial charge >= 0.3 is 0 Å². The van der Waals surface area contributed by atoms with E-state index < -0.39 is 0 Å². The molecule has 0 spiro atoms. The minimum atomic E-state index is -0.0461. The average Bonchev–Trinajstić information content (AvgIpc) is 2.92. The van der Waals surface area contributed by atoms with Crippen LogP contribution in [0.2, 0.25) is 0 Å². The minimum absolute atomic E-state index is 0.0461. The van der Waals surface area contributed by atoms with Crippen LogP contribution in [0.5, 0.6) is 11.5 Å². The van der Waals surface area contributed by atoms with Gasteiger partial charge in [-0.25, -0.2) is 4.98 Å². The molecule has 0 aliphatic heterocycles. The van der Waals surface area contributed by atoms with Crippen LogP contribution < -0.4 is 9.47 Å². The topological polar surface area (TPSA) is 56.5 Å². The molecule has 5 nitrogen and oxygen atoms in total. The first-order chi connectivity index (χ1) is 9.69. The molecule has 0 fully saturated rings. The molecule has 0 radical (unpaired) electrons. The lowest BCUT2D eigenvalue weighted by Gasteiger charge is -2.14. The molecular formula is C14H17BrN2O3. The van der Waals surface area contributed by atoms with E-state index in [0.717, 1.165) is 22.4 Å². The number of aliphatic hydroxyl groups is 1. The Morgan fingerprint density at radius 1 is 1.40 bits per heavy atom. The zero-order chi connectivity index (χ0) is 14.5. The second-order valence-electron chi connectivity index (χ2n) is 4.19. The molecule has 0 aliphatic rings. The number of benzene rings is 1. The maximum atomic E-state index is 9.19. The maximum absolute atomic E-state index is 9.19. The van der Waals surface area contributed by atoms with Crippen molar-refractivity contribution < 1.29 is 14.6 Å². The summed E-state index contributed by atoms with van der Waals surface area (Å²) >= 11 is 3.44. The Hall–Kier alpha value is -1.53. The molecule has 2 rings (SSSR count). The number of aryl methyl sites for hydroxylation is 1. The summed E-state index contributed by atoms with van der Waals surface area (Å²) in [5.41, 5.74) is 0.760. The van der Waals surface area contributed by atoms with Crippen molar-refractivity contribution in [2.45, 2.75) is 26.7 Å². The van der Waals surface area contributed by atoms with Crippen LogP contribution in [0.3, 0.4) is 0 Å². The number of methoxy groups -OCH3 is 1. The average molecular weight is 341 g/mol. The Morgan fingerprint density at radius 2 is 2.20 bits per heavy atom. The molecule has 0 atom stereocenters. The highest BCUT2D eigenvalue weighted by molar-refractivity contribution is 9.10. The zero-order valence-electron chi connectivity index (χ0n) is 11.5. The third-order valence-corrected chi connectivity index (χ3v) is 3.55. The molecule has 1 aromatic heterocycles. The molecule has 20 heavy (non-hydrogen) atoms. The van der Waals surface area contributed by atoms with Crippen LogP contribution in [-0.2, 0) is 19.8 Å². The number of ether oxygens (including phenoxy) is 2. The number of hydrogen-bond donors (Lipinski definition) is 1. The maximum Gasteiger partial charge on any atom is 0.176 e. The van der Waals surface area contributed by atoms with Gasteiger partial charge in [0.05, 0.1) is 18.2 Å². The van der Waals surface area contributed by atoms with Crippen molar-refractivity contribution in [1.82, 2.24) is 9.55 Å². The molecule has 108 valence electrons. The quantitative estimate of drug-likeness (QED) is 0.878. The van der Waals surface area contributed by atoms with E-state index in [2.05, 4.69) is 27.8 Å². The summed E-state index contributed by atoms with van der Waals surface area (Å²) in [5.74, 6) is 2.04. The number of nitrogens with zero attached hydrogens (tertiary/aromatic N) is 2. The summed E-state index contributed by atoms with van der Waals surface area (Å²) in [7, 11) is 1.57. The lowest BCUT2D eigenvalue weighted by Crippen LogP contribution is -2.06. The van der Waals surface area contributed by atoms with Crippen molar-refractivity contribution in [2.24, 2.45) is 0 Å². The number of aliphatic hydroxyl groups excluding tert-OH is 1. The van der Waals surface area contributed by atoms with Gasteiger partial charge in [0.15, 0.2) is 11.5 Å². The van der Waals surface area contributed by atoms with Gasteiger partial charge in [0.2, 0.25) is 0 Å². The van der Waals surface area contributed by atoms with Gasteiger partial charge < -0.3 is 19.1 Å². The molecule has 0 saturated heterocycles. The van der Waals surface area contributed by atoms with Gasteiger partial charge in [0.25, 0.3) is 0 Å². The van der Waals surface area contributed by atoms with Gasteiger partial charge in [-0.15, -0.1) is 0 Å². The number of rotatable bonds is 6. The van der Waals surface area contributed by atoms with E-state index in [0.29, 0.717) is 18.1 Å². The zero-order valence-corrected chi connectivity index (χ0v) is 13.1. The summed E-state index contributed by atoms with van der Waals surface area (Å²) < 4.78 is 13.9. The molecule has 2 aromatic rings. The van der Waals surface area contributed by atoms with Crippen LogP contribution in [0.1, 0.15) is 18.3 Å². The van der Waals surface area contributed by atoms with Gasteiger partial charge in [0.1, 0.15) is 12.4 Å². The third kappa shape index (κ3) is 3.13. The molecule has 1 N–H and O–H groups in total. The Bertz CT molecular complexity index is 584. The monoisotopic (exact) mass is 340 g/mol. The Labute approximate surface area is 126 Å². The van der Waals surface area contributed by atoms with Crippen LogP contribution in [0.15, 0.2) is 29.0 Å².